The molecule has 10 heteroatoms. The predicted octanol–water partition coefficient (Wildman–Crippen LogP) is 3.36. The quantitative estimate of drug-likeness (QED) is 0.593. The maximum absolute atomic E-state index is 12.2. The van der Waals surface area contributed by atoms with Gasteiger partial charge >= 0.3 is 6.03 Å². The Bertz CT molecular complexity index is 1010. The van der Waals surface area contributed by atoms with E-state index >= 15 is 0 Å². The van der Waals surface area contributed by atoms with Crippen LogP contribution in [-0.2, 0) is 4.74 Å². The number of thiophene rings is 1. The molecule has 0 radical (unpaired) electrons. The van der Waals surface area contributed by atoms with Crippen LogP contribution in [0.1, 0.15) is 9.67 Å². The van der Waals surface area contributed by atoms with Gasteiger partial charge in [-0.15, -0.1) is 11.3 Å². The maximum Gasteiger partial charge on any atom is 0.323 e. The van der Waals surface area contributed by atoms with Crippen LogP contribution in [0.3, 0.4) is 0 Å². The summed E-state index contributed by atoms with van der Waals surface area (Å²) >= 11 is 7.36. The molecule has 0 spiro atoms. The summed E-state index contributed by atoms with van der Waals surface area (Å²) < 4.78 is 6.64. The summed E-state index contributed by atoms with van der Waals surface area (Å²) in [5.74, 6) is -0.130. The predicted molar refractivity (Wildman–Crippen MR) is 108 cm³/mol. The molecule has 3 N–H and O–H groups in total. The van der Waals surface area contributed by atoms with Crippen molar-refractivity contribution in [2.45, 2.75) is 6.04 Å². The third-order valence-electron chi connectivity index (χ3n) is 4.01. The van der Waals surface area contributed by atoms with E-state index in [0.29, 0.717) is 34.5 Å². The van der Waals surface area contributed by atoms with Crippen LogP contribution in [0.15, 0.2) is 48.1 Å². The molecule has 3 aromatic rings. The van der Waals surface area contributed by atoms with Crippen molar-refractivity contribution in [2.75, 3.05) is 23.8 Å². The second-order valence-electron chi connectivity index (χ2n) is 6.11. The van der Waals surface area contributed by atoms with E-state index in [-0.39, 0.29) is 11.9 Å². The Balaban J connectivity index is 1.38. The molecule has 1 aliphatic heterocycles. The number of anilines is 2. The third-order valence-corrected chi connectivity index (χ3v) is 5.26. The van der Waals surface area contributed by atoms with Crippen molar-refractivity contribution >= 4 is 46.3 Å². The number of aromatic nitrogens is 2. The van der Waals surface area contributed by atoms with Gasteiger partial charge in [0, 0.05) is 5.38 Å². The Hall–Kier alpha value is -2.88. The fraction of sp³-hybridized carbons (Fsp3) is 0.167. The normalized spacial score (nSPS) is 13.6. The zero-order chi connectivity index (χ0) is 19.5. The molecule has 0 unspecified atom stereocenters. The van der Waals surface area contributed by atoms with Crippen LogP contribution in [-0.4, -0.2) is 41.0 Å². The Kier molecular flexibility index (Phi) is 5.29. The average molecular weight is 418 g/mol. The minimum atomic E-state index is -0.430. The van der Waals surface area contributed by atoms with Gasteiger partial charge in [-0.3, -0.25) is 4.79 Å². The van der Waals surface area contributed by atoms with E-state index in [1.54, 1.807) is 41.2 Å². The first-order valence-electron chi connectivity index (χ1n) is 8.43. The highest BCUT2D eigenvalue weighted by Crippen LogP contribution is 2.22. The topological polar surface area (TPSA) is 97.3 Å². The first-order valence-corrected chi connectivity index (χ1v) is 9.69. The van der Waals surface area contributed by atoms with E-state index in [1.165, 1.54) is 17.5 Å². The summed E-state index contributed by atoms with van der Waals surface area (Å²) in [5, 5.41) is 14.8. The van der Waals surface area contributed by atoms with Crippen molar-refractivity contribution in [1.82, 2.24) is 15.1 Å². The van der Waals surface area contributed by atoms with Gasteiger partial charge in [0.05, 0.1) is 58.6 Å². The number of hydrogen-bond acceptors (Lipinski definition) is 5. The summed E-state index contributed by atoms with van der Waals surface area (Å²) in [7, 11) is 0. The van der Waals surface area contributed by atoms with Crippen molar-refractivity contribution in [3.63, 3.8) is 0 Å². The van der Waals surface area contributed by atoms with Gasteiger partial charge < -0.3 is 20.7 Å². The summed E-state index contributed by atoms with van der Waals surface area (Å²) in [6.45, 7) is 1.10. The number of halogens is 1. The van der Waals surface area contributed by atoms with Gasteiger partial charge in [-0.1, -0.05) is 23.7 Å². The Labute approximate surface area is 169 Å². The monoisotopic (exact) mass is 417 g/mol. The van der Waals surface area contributed by atoms with Crippen LogP contribution in [0.25, 0.3) is 5.69 Å². The van der Waals surface area contributed by atoms with Gasteiger partial charge in [-0.25, -0.2) is 9.48 Å². The van der Waals surface area contributed by atoms with Crippen LogP contribution in [0.2, 0.25) is 5.02 Å². The zero-order valence-corrected chi connectivity index (χ0v) is 16.1. The molecule has 28 heavy (non-hydrogen) atoms. The van der Waals surface area contributed by atoms with Crippen molar-refractivity contribution in [3.8, 4) is 5.69 Å². The Morgan fingerprint density at radius 3 is 2.82 bits per heavy atom. The van der Waals surface area contributed by atoms with Crippen LogP contribution < -0.4 is 16.0 Å². The molecular weight excluding hydrogens is 402 g/mol. The lowest BCUT2D eigenvalue weighted by Gasteiger charge is -2.26. The van der Waals surface area contributed by atoms with Gasteiger partial charge in [0.15, 0.2) is 0 Å². The number of hydrogen-bond donors (Lipinski definition) is 3. The number of carbonyl (C=O) groups is 2. The highest BCUT2D eigenvalue weighted by atomic mass is 35.5. The number of ether oxygens (including phenoxy) is 1. The standard InChI is InChI=1S/C18H16ClN5O3S/c19-14-3-1-2-4-15(14)23-18(26)22-11-6-20-24(7-11)13-5-16(28-10-13)17(25)21-12-8-27-9-12/h1-7,10,12H,8-9H2,(H,21,25)(H2,22,23,26). The highest BCUT2D eigenvalue weighted by molar-refractivity contribution is 7.12. The summed E-state index contributed by atoms with van der Waals surface area (Å²) in [5.41, 5.74) is 1.76. The number of amides is 3. The van der Waals surface area contributed by atoms with Gasteiger partial charge in [0.25, 0.3) is 5.91 Å². The molecule has 3 amide bonds. The van der Waals surface area contributed by atoms with E-state index in [4.69, 9.17) is 16.3 Å². The Morgan fingerprint density at radius 2 is 2.07 bits per heavy atom. The van der Waals surface area contributed by atoms with Crippen LogP contribution in [0.4, 0.5) is 16.2 Å². The zero-order valence-electron chi connectivity index (χ0n) is 14.5. The molecular formula is C18H16ClN5O3S. The van der Waals surface area contributed by atoms with Crippen molar-refractivity contribution < 1.29 is 14.3 Å². The van der Waals surface area contributed by atoms with Gasteiger partial charge in [0.2, 0.25) is 0 Å². The average Bonchev–Trinajstić information content (AvgIpc) is 3.29. The molecule has 4 rings (SSSR count). The number of urea groups is 1. The number of para-hydroxylation sites is 1. The molecule has 0 atom stereocenters. The van der Waals surface area contributed by atoms with Crippen molar-refractivity contribution in [1.29, 1.82) is 0 Å². The van der Waals surface area contributed by atoms with Crippen molar-refractivity contribution in [2.24, 2.45) is 0 Å². The second-order valence-corrected chi connectivity index (χ2v) is 7.43. The highest BCUT2D eigenvalue weighted by Gasteiger charge is 2.22. The van der Waals surface area contributed by atoms with E-state index < -0.39 is 6.03 Å². The van der Waals surface area contributed by atoms with E-state index in [0.717, 1.165) is 5.69 Å². The van der Waals surface area contributed by atoms with Gasteiger partial charge in [0.1, 0.15) is 0 Å². The summed E-state index contributed by atoms with van der Waals surface area (Å²) in [6.07, 6.45) is 3.19. The summed E-state index contributed by atoms with van der Waals surface area (Å²) in [6, 6.07) is 8.36. The van der Waals surface area contributed by atoms with Crippen molar-refractivity contribution in [3.05, 3.63) is 58.0 Å². The van der Waals surface area contributed by atoms with E-state index in [9.17, 15) is 9.59 Å². The maximum atomic E-state index is 12.2. The smallest absolute Gasteiger partial charge is 0.323 e. The molecule has 1 saturated heterocycles. The van der Waals surface area contributed by atoms with E-state index in [1.807, 2.05) is 5.38 Å². The molecule has 0 saturated carbocycles. The summed E-state index contributed by atoms with van der Waals surface area (Å²) in [4.78, 5) is 24.9. The minimum Gasteiger partial charge on any atom is -0.377 e. The SMILES string of the molecule is O=C(Nc1cnn(-c2csc(C(=O)NC3COC3)c2)c1)Nc1ccccc1Cl. The third kappa shape index (κ3) is 4.16. The fourth-order valence-electron chi connectivity index (χ4n) is 2.52. The number of nitrogens with zero attached hydrogens (tertiary/aromatic N) is 2. The lowest BCUT2D eigenvalue weighted by molar-refractivity contribution is -0.00338. The van der Waals surface area contributed by atoms with Crippen LogP contribution in [0.5, 0.6) is 0 Å². The van der Waals surface area contributed by atoms with Gasteiger partial charge in [-0.05, 0) is 18.2 Å². The minimum absolute atomic E-state index is 0.0789. The van der Waals surface area contributed by atoms with E-state index in [2.05, 4.69) is 21.0 Å². The molecule has 1 aromatic carbocycles. The first kappa shape index (κ1) is 18.5. The fourth-order valence-corrected chi connectivity index (χ4v) is 3.48. The Morgan fingerprint density at radius 1 is 1.25 bits per heavy atom. The lowest BCUT2D eigenvalue weighted by Crippen LogP contribution is -2.48. The largest absolute Gasteiger partial charge is 0.377 e. The molecule has 0 bridgehead atoms. The van der Waals surface area contributed by atoms with Gasteiger partial charge in [-0.2, -0.15) is 5.10 Å². The van der Waals surface area contributed by atoms with Crippen LogP contribution >= 0.6 is 22.9 Å². The molecule has 3 heterocycles. The number of benzene rings is 1. The number of carbonyl (C=O) groups excluding carboxylic acids is 2. The lowest BCUT2D eigenvalue weighted by atomic mass is 10.2. The molecule has 144 valence electrons. The molecule has 1 fully saturated rings. The molecule has 0 aliphatic carbocycles. The molecule has 1 aliphatic rings. The molecule has 8 nitrogen and oxygen atoms in total. The first-order chi connectivity index (χ1) is 13.6. The number of rotatable bonds is 5. The van der Waals surface area contributed by atoms with Crippen LogP contribution in [0, 0.1) is 0 Å². The molecule has 2 aromatic heterocycles. The number of nitrogens with one attached hydrogen (secondary N) is 3. The second kappa shape index (κ2) is 8.01.